The monoisotopic (exact) mass is 242 g/mol. The van der Waals surface area contributed by atoms with Crippen LogP contribution in [-0.2, 0) is 0 Å². The van der Waals surface area contributed by atoms with Crippen molar-refractivity contribution < 1.29 is 9.47 Å². The van der Waals surface area contributed by atoms with Crippen LogP contribution in [0.15, 0.2) is 48.5 Å². The molecular formula is C16H18O2. The first-order valence-electron chi connectivity index (χ1n) is 6.13. The molecular weight excluding hydrogens is 224 g/mol. The Hall–Kier alpha value is -1.96. The van der Waals surface area contributed by atoms with Crippen LogP contribution in [-0.4, -0.2) is 13.2 Å². The third kappa shape index (κ3) is 3.52. The minimum Gasteiger partial charge on any atom is -0.490 e. The van der Waals surface area contributed by atoms with Crippen molar-refractivity contribution in [2.75, 3.05) is 13.2 Å². The molecule has 2 aromatic rings. The summed E-state index contributed by atoms with van der Waals surface area (Å²) >= 11 is 0. The van der Waals surface area contributed by atoms with Gasteiger partial charge in [0.2, 0.25) is 0 Å². The first-order chi connectivity index (χ1) is 8.75. The van der Waals surface area contributed by atoms with Gasteiger partial charge in [-0.3, -0.25) is 0 Å². The molecule has 0 unspecified atom stereocenters. The van der Waals surface area contributed by atoms with E-state index >= 15 is 0 Å². The molecule has 0 saturated carbocycles. The average molecular weight is 242 g/mol. The number of para-hydroxylation sites is 1. The number of aryl methyl sites for hydroxylation is 2. The van der Waals surface area contributed by atoms with Crippen LogP contribution in [0.25, 0.3) is 0 Å². The average Bonchev–Trinajstić information content (AvgIpc) is 2.37. The van der Waals surface area contributed by atoms with Crippen molar-refractivity contribution in [2.24, 2.45) is 0 Å². The number of ether oxygens (including phenoxy) is 2. The predicted molar refractivity (Wildman–Crippen MR) is 73.3 cm³/mol. The lowest BCUT2D eigenvalue weighted by molar-refractivity contribution is 0.216. The van der Waals surface area contributed by atoms with Gasteiger partial charge in [-0.1, -0.05) is 30.3 Å². The van der Waals surface area contributed by atoms with Gasteiger partial charge >= 0.3 is 0 Å². The van der Waals surface area contributed by atoms with Crippen molar-refractivity contribution >= 4 is 0 Å². The third-order valence-electron chi connectivity index (χ3n) is 2.69. The summed E-state index contributed by atoms with van der Waals surface area (Å²) in [5.74, 6) is 1.81. The molecule has 0 aliphatic rings. The number of hydrogen-bond donors (Lipinski definition) is 0. The van der Waals surface area contributed by atoms with Crippen molar-refractivity contribution in [1.82, 2.24) is 0 Å². The second-order valence-corrected chi connectivity index (χ2v) is 4.28. The minimum atomic E-state index is 0.553. The number of rotatable bonds is 5. The van der Waals surface area contributed by atoms with Gasteiger partial charge < -0.3 is 9.47 Å². The van der Waals surface area contributed by atoms with E-state index in [2.05, 4.69) is 13.0 Å². The third-order valence-corrected chi connectivity index (χ3v) is 2.69. The Morgan fingerprint density at radius 2 is 1.61 bits per heavy atom. The maximum Gasteiger partial charge on any atom is 0.122 e. The van der Waals surface area contributed by atoms with Crippen LogP contribution in [0.5, 0.6) is 11.5 Å². The molecule has 0 aliphatic heterocycles. The zero-order valence-corrected chi connectivity index (χ0v) is 10.8. The number of hydrogen-bond acceptors (Lipinski definition) is 2. The van der Waals surface area contributed by atoms with Gasteiger partial charge in [0, 0.05) is 0 Å². The van der Waals surface area contributed by atoms with Crippen LogP contribution in [0.3, 0.4) is 0 Å². The Kier molecular flexibility index (Phi) is 4.24. The summed E-state index contributed by atoms with van der Waals surface area (Å²) in [5, 5.41) is 0. The second-order valence-electron chi connectivity index (χ2n) is 4.28. The molecule has 2 rings (SSSR count). The van der Waals surface area contributed by atoms with Crippen molar-refractivity contribution in [3.05, 3.63) is 59.7 Å². The quantitative estimate of drug-likeness (QED) is 0.743. The fourth-order valence-electron chi connectivity index (χ4n) is 1.73. The lowest BCUT2D eigenvalue weighted by Crippen LogP contribution is -2.09. The highest BCUT2D eigenvalue weighted by atomic mass is 16.5. The predicted octanol–water partition coefficient (Wildman–Crippen LogP) is 3.76. The van der Waals surface area contributed by atoms with Crippen molar-refractivity contribution in [3.63, 3.8) is 0 Å². The molecule has 94 valence electrons. The molecule has 2 nitrogen and oxygen atoms in total. The second kappa shape index (κ2) is 6.10. The van der Waals surface area contributed by atoms with Gasteiger partial charge in [0.05, 0.1) is 0 Å². The minimum absolute atomic E-state index is 0.553. The van der Waals surface area contributed by atoms with Gasteiger partial charge in [0.25, 0.3) is 0 Å². The van der Waals surface area contributed by atoms with Crippen LogP contribution < -0.4 is 9.47 Å². The van der Waals surface area contributed by atoms with E-state index in [0.29, 0.717) is 13.2 Å². The van der Waals surface area contributed by atoms with E-state index in [1.807, 2.05) is 49.4 Å². The lowest BCUT2D eigenvalue weighted by Gasteiger charge is -2.10. The first kappa shape index (κ1) is 12.5. The van der Waals surface area contributed by atoms with Gasteiger partial charge in [-0.25, -0.2) is 0 Å². The largest absolute Gasteiger partial charge is 0.490 e. The molecule has 0 N–H and O–H groups in total. The molecule has 0 spiro atoms. The summed E-state index contributed by atoms with van der Waals surface area (Å²) in [6.45, 7) is 5.20. The molecule has 0 saturated heterocycles. The summed E-state index contributed by atoms with van der Waals surface area (Å²) in [6, 6.07) is 16.0. The van der Waals surface area contributed by atoms with E-state index in [9.17, 15) is 0 Å². The van der Waals surface area contributed by atoms with Crippen LogP contribution in [0.4, 0.5) is 0 Å². The Morgan fingerprint density at radius 3 is 2.39 bits per heavy atom. The molecule has 0 radical (unpaired) electrons. The normalized spacial score (nSPS) is 10.1. The highest BCUT2D eigenvalue weighted by Gasteiger charge is 1.98. The fourth-order valence-corrected chi connectivity index (χ4v) is 1.73. The molecule has 0 aromatic heterocycles. The van der Waals surface area contributed by atoms with E-state index in [-0.39, 0.29) is 0 Å². The van der Waals surface area contributed by atoms with E-state index in [1.54, 1.807) is 0 Å². The Labute approximate surface area is 108 Å². The van der Waals surface area contributed by atoms with Gasteiger partial charge in [-0.2, -0.15) is 0 Å². The van der Waals surface area contributed by atoms with E-state index in [0.717, 1.165) is 17.1 Å². The molecule has 0 bridgehead atoms. The van der Waals surface area contributed by atoms with Crippen LogP contribution >= 0.6 is 0 Å². The van der Waals surface area contributed by atoms with Gasteiger partial charge in [-0.15, -0.1) is 0 Å². The van der Waals surface area contributed by atoms with Crippen molar-refractivity contribution in [1.29, 1.82) is 0 Å². The summed E-state index contributed by atoms with van der Waals surface area (Å²) in [5.41, 5.74) is 2.35. The maximum absolute atomic E-state index is 5.66. The Morgan fingerprint density at radius 1 is 0.833 bits per heavy atom. The SMILES string of the molecule is Cc1cccc(OCCOc2ccccc2C)c1. The summed E-state index contributed by atoms with van der Waals surface area (Å²) in [6.07, 6.45) is 0. The molecule has 0 fully saturated rings. The molecule has 0 atom stereocenters. The van der Waals surface area contributed by atoms with Crippen molar-refractivity contribution in [2.45, 2.75) is 13.8 Å². The van der Waals surface area contributed by atoms with E-state index in [4.69, 9.17) is 9.47 Å². The highest BCUT2D eigenvalue weighted by Crippen LogP contribution is 2.16. The van der Waals surface area contributed by atoms with Gasteiger partial charge in [0.1, 0.15) is 24.7 Å². The van der Waals surface area contributed by atoms with E-state index in [1.165, 1.54) is 5.56 Å². The van der Waals surface area contributed by atoms with Crippen LogP contribution in [0.1, 0.15) is 11.1 Å². The molecule has 2 heteroatoms. The zero-order valence-electron chi connectivity index (χ0n) is 10.8. The maximum atomic E-state index is 5.66. The summed E-state index contributed by atoms with van der Waals surface area (Å²) < 4.78 is 11.3. The van der Waals surface area contributed by atoms with Crippen LogP contribution in [0.2, 0.25) is 0 Å². The Balaban J connectivity index is 1.78. The zero-order chi connectivity index (χ0) is 12.8. The van der Waals surface area contributed by atoms with Crippen molar-refractivity contribution in [3.8, 4) is 11.5 Å². The number of benzene rings is 2. The molecule has 0 aliphatic carbocycles. The van der Waals surface area contributed by atoms with Gasteiger partial charge in [0.15, 0.2) is 0 Å². The molecule has 0 amide bonds. The summed E-state index contributed by atoms with van der Waals surface area (Å²) in [7, 11) is 0. The van der Waals surface area contributed by atoms with Gasteiger partial charge in [-0.05, 0) is 43.2 Å². The topological polar surface area (TPSA) is 18.5 Å². The Bertz CT molecular complexity index is 506. The highest BCUT2D eigenvalue weighted by molar-refractivity contribution is 5.31. The smallest absolute Gasteiger partial charge is 0.122 e. The van der Waals surface area contributed by atoms with E-state index < -0.39 is 0 Å². The molecule has 0 heterocycles. The molecule has 18 heavy (non-hydrogen) atoms. The van der Waals surface area contributed by atoms with Crippen LogP contribution in [0, 0.1) is 13.8 Å². The standard InChI is InChI=1S/C16H18O2/c1-13-6-5-8-15(12-13)17-10-11-18-16-9-4-3-7-14(16)2/h3-9,12H,10-11H2,1-2H3. The fraction of sp³-hybridized carbons (Fsp3) is 0.250. The summed E-state index contributed by atoms with van der Waals surface area (Å²) in [4.78, 5) is 0. The lowest BCUT2D eigenvalue weighted by atomic mass is 10.2. The first-order valence-corrected chi connectivity index (χ1v) is 6.13. The molecule has 2 aromatic carbocycles.